The number of rotatable bonds is 4. The van der Waals surface area contributed by atoms with Gasteiger partial charge in [0.1, 0.15) is 17.5 Å². The number of nitrogens with zero attached hydrogens (tertiary/aromatic N) is 1. The van der Waals surface area contributed by atoms with Crippen LogP contribution in [0.15, 0.2) is 24.3 Å². The molecule has 1 aliphatic heterocycles. The van der Waals surface area contributed by atoms with Crippen LogP contribution < -0.4 is 4.74 Å². The van der Waals surface area contributed by atoms with Crippen molar-refractivity contribution in [2.45, 2.75) is 52.7 Å². The Morgan fingerprint density at radius 2 is 1.88 bits per heavy atom. The quantitative estimate of drug-likeness (QED) is 0.764. The summed E-state index contributed by atoms with van der Waals surface area (Å²) in [6, 6.07) is 7.43. The number of carbonyl (C=O) groups is 1. The number of hydrogen-bond acceptors (Lipinski definition) is 3. The van der Waals surface area contributed by atoms with E-state index in [2.05, 4.69) is 13.8 Å². The van der Waals surface area contributed by atoms with Crippen LogP contribution in [0.1, 0.15) is 41.0 Å². The number of hydrogen-bond donors (Lipinski definition) is 0. The fourth-order valence-corrected chi connectivity index (χ4v) is 3.12. The second kappa shape index (κ2) is 7.64. The number of benzene rings is 1. The molecule has 0 saturated carbocycles. The van der Waals surface area contributed by atoms with Crippen molar-refractivity contribution < 1.29 is 14.3 Å². The van der Waals surface area contributed by atoms with Crippen LogP contribution in [-0.2, 0) is 4.74 Å². The first-order chi connectivity index (χ1) is 11.2. The smallest absolute Gasteiger partial charge is 0.410 e. The van der Waals surface area contributed by atoms with Gasteiger partial charge in [-0.25, -0.2) is 4.79 Å². The number of halogens is 1. The molecule has 0 radical (unpaired) electrons. The Balaban J connectivity index is 1.99. The van der Waals surface area contributed by atoms with E-state index in [9.17, 15) is 4.79 Å². The number of likely N-dealkylation sites (tertiary alicyclic amines) is 1. The molecular formula is C19H28ClNO3. The summed E-state index contributed by atoms with van der Waals surface area (Å²) in [4.78, 5) is 14.0. The lowest BCUT2D eigenvalue weighted by atomic mass is 9.92. The van der Waals surface area contributed by atoms with Gasteiger partial charge < -0.3 is 14.4 Å². The Morgan fingerprint density at radius 3 is 2.42 bits per heavy atom. The van der Waals surface area contributed by atoms with Crippen LogP contribution in [0.2, 0.25) is 5.02 Å². The Hall–Kier alpha value is -1.42. The summed E-state index contributed by atoms with van der Waals surface area (Å²) in [5.74, 6) is 1.46. The number of ether oxygens (including phenoxy) is 2. The summed E-state index contributed by atoms with van der Waals surface area (Å²) in [6.07, 6.45) is 0.744. The van der Waals surface area contributed by atoms with Crippen molar-refractivity contribution in [1.29, 1.82) is 0 Å². The molecule has 2 atom stereocenters. The molecule has 1 fully saturated rings. The third-order valence-electron chi connectivity index (χ3n) is 4.08. The third kappa shape index (κ3) is 5.30. The topological polar surface area (TPSA) is 38.8 Å². The van der Waals surface area contributed by atoms with Crippen molar-refractivity contribution in [3.63, 3.8) is 0 Å². The van der Waals surface area contributed by atoms with Gasteiger partial charge in [0, 0.05) is 24.0 Å². The number of carbonyl (C=O) groups excluding carboxylic acids is 1. The first-order valence-corrected chi connectivity index (χ1v) is 8.93. The second-order valence-electron chi connectivity index (χ2n) is 7.76. The van der Waals surface area contributed by atoms with Crippen LogP contribution in [0.4, 0.5) is 4.79 Å². The molecule has 1 amide bonds. The molecule has 24 heavy (non-hydrogen) atoms. The Morgan fingerprint density at radius 1 is 1.25 bits per heavy atom. The van der Waals surface area contributed by atoms with E-state index in [1.54, 1.807) is 4.90 Å². The summed E-state index contributed by atoms with van der Waals surface area (Å²) >= 11 is 5.93. The Kier molecular flexibility index (Phi) is 6.02. The normalized spacial score (nSPS) is 19.5. The zero-order chi connectivity index (χ0) is 17.9. The maximum Gasteiger partial charge on any atom is 0.410 e. The molecule has 1 aliphatic rings. The molecule has 1 aromatic carbocycles. The molecule has 0 N–H and O–H groups in total. The number of amides is 1. The predicted molar refractivity (Wildman–Crippen MR) is 96.6 cm³/mol. The van der Waals surface area contributed by atoms with Gasteiger partial charge in [0.15, 0.2) is 0 Å². The minimum atomic E-state index is -0.466. The van der Waals surface area contributed by atoms with Gasteiger partial charge in [0.25, 0.3) is 0 Å². The van der Waals surface area contributed by atoms with E-state index in [1.807, 2.05) is 45.0 Å². The molecular weight excluding hydrogens is 326 g/mol. The third-order valence-corrected chi connectivity index (χ3v) is 4.34. The van der Waals surface area contributed by atoms with Gasteiger partial charge in [-0.05, 0) is 57.4 Å². The first-order valence-electron chi connectivity index (χ1n) is 8.56. The van der Waals surface area contributed by atoms with Gasteiger partial charge in [-0.15, -0.1) is 0 Å². The molecule has 1 aromatic rings. The van der Waals surface area contributed by atoms with Crippen molar-refractivity contribution in [2.24, 2.45) is 11.8 Å². The summed E-state index contributed by atoms with van der Waals surface area (Å²) in [6.45, 7) is 11.3. The summed E-state index contributed by atoms with van der Waals surface area (Å²) in [5, 5.41) is 0.695. The van der Waals surface area contributed by atoms with E-state index in [0.29, 0.717) is 29.9 Å². The highest BCUT2D eigenvalue weighted by Crippen LogP contribution is 2.29. The molecule has 5 heteroatoms. The summed E-state index contributed by atoms with van der Waals surface area (Å²) < 4.78 is 11.7. The first kappa shape index (κ1) is 18.9. The molecule has 4 nitrogen and oxygen atoms in total. The van der Waals surface area contributed by atoms with Crippen LogP contribution in [0.3, 0.4) is 0 Å². The van der Waals surface area contributed by atoms with Crippen LogP contribution in [0.25, 0.3) is 0 Å². The molecule has 2 rings (SSSR count). The van der Waals surface area contributed by atoms with E-state index in [1.165, 1.54) is 0 Å². The van der Waals surface area contributed by atoms with Crippen molar-refractivity contribution >= 4 is 17.7 Å². The fraction of sp³-hybridized carbons (Fsp3) is 0.632. The Labute approximate surface area is 150 Å². The monoisotopic (exact) mass is 353 g/mol. The molecule has 1 saturated heterocycles. The molecule has 0 aliphatic carbocycles. The van der Waals surface area contributed by atoms with E-state index < -0.39 is 5.60 Å². The van der Waals surface area contributed by atoms with Crippen molar-refractivity contribution in [2.75, 3.05) is 13.1 Å². The zero-order valence-electron chi connectivity index (χ0n) is 15.2. The fourth-order valence-electron chi connectivity index (χ4n) is 2.99. The molecule has 1 heterocycles. The largest absolute Gasteiger partial charge is 0.490 e. The van der Waals surface area contributed by atoms with E-state index in [4.69, 9.17) is 21.1 Å². The summed E-state index contributed by atoms with van der Waals surface area (Å²) in [7, 11) is 0. The van der Waals surface area contributed by atoms with Gasteiger partial charge in [-0.1, -0.05) is 25.4 Å². The van der Waals surface area contributed by atoms with Crippen LogP contribution in [0.5, 0.6) is 5.75 Å². The van der Waals surface area contributed by atoms with Crippen molar-refractivity contribution in [1.82, 2.24) is 4.90 Å². The van der Waals surface area contributed by atoms with Gasteiger partial charge in [-0.2, -0.15) is 0 Å². The highest BCUT2D eigenvalue weighted by molar-refractivity contribution is 6.30. The maximum atomic E-state index is 12.2. The van der Waals surface area contributed by atoms with Crippen molar-refractivity contribution in [3.8, 4) is 5.75 Å². The van der Waals surface area contributed by atoms with Gasteiger partial charge >= 0.3 is 6.09 Å². The zero-order valence-corrected chi connectivity index (χ0v) is 16.0. The van der Waals surface area contributed by atoms with E-state index >= 15 is 0 Å². The van der Waals surface area contributed by atoms with Gasteiger partial charge in [0.2, 0.25) is 0 Å². The second-order valence-corrected chi connectivity index (χ2v) is 8.19. The van der Waals surface area contributed by atoms with Crippen LogP contribution in [-0.4, -0.2) is 35.8 Å². The highest BCUT2D eigenvalue weighted by atomic mass is 35.5. The minimum absolute atomic E-state index is 0.0543. The minimum Gasteiger partial charge on any atom is -0.490 e. The van der Waals surface area contributed by atoms with E-state index in [-0.39, 0.29) is 12.2 Å². The van der Waals surface area contributed by atoms with E-state index in [0.717, 1.165) is 12.2 Å². The molecule has 0 spiro atoms. The SMILES string of the molecule is CC(C)[C@H](Oc1ccc(Cl)cc1)C1CCN(C(=O)OC(C)(C)C)C1. The Bertz CT molecular complexity index is 551. The van der Waals surface area contributed by atoms with Crippen molar-refractivity contribution in [3.05, 3.63) is 29.3 Å². The summed E-state index contributed by atoms with van der Waals surface area (Å²) in [5.41, 5.74) is -0.466. The van der Waals surface area contributed by atoms with Gasteiger partial charge in [0.05, 0.1) is 0 Å². The molecule has 1 unspecified atom stereocenters. The maximum absolute atomic E-state index is 12.2. The molecule has 134 valence electrons. The molecule has 0 aromatic heterocycles. The lowest BCUT2D eigenvalue weighted by Crippen LogP contribution is -2.38. The predicted octanol–water partition coefficient (Wildman–Crippen LogP) is 5.00. The average molecular weight is 354 g/mol. The lowest BCUT2D eigenvalue weighted by Gasteiger charge is -2.29. The standard InChI is InChI=1S/C19H28ClNO3/c1-13(2)17(23-16-8-6-15(20)7-9-16)14-10-11-21(12-14)18(22)24-19(3,4)5/h6-9,13-14,17H,10-12H2,1-5H3/t14?,17-/m0/s1. The van der Waals surface area contributed by atoms with Gasteiger partial charge in [-0.3, -0.25) is 0 Å². The van der Waals surface area contributed by atoms with Crippen LogP contribution in [0, 0.1) is 11.8 Å². The lowest BCUT2D eigenvalue weighted by molar-refractivity contribution is 0.0262. The highest BCUT2D eigenvalue weighted by Gasteiger charge is 2.36. The van der Waals surface area contributed by atoms with Crippen LogP contribution >= 0.6 is 11.6 Å². The molecule has 0 bridgehead atoms. The average Bonchev–Trinajstić information content (AvgIpc) is 2.94.